The molecule has 0 saturated heterocycles. The molecular weight excluding hydrogens is 538 g/mol. The second-order valence-corrected chi connectivity index (χ2v) is 10.4. The van der Waals surface area contributed by atoms with E-state index in [9.17, 15) is 14.4 Å². The molecule has 2 aliphatic heterocycles. The van der Waals surface area contributed by atoms with E-state index in [1.807, 2.05) is 73.7 Å². The Balaban J connectivity index is 1.71. The van der Waals surface area contributed by atoms with E-state index in [4.69, 9.17) is 14.5 Å². The van der Waals surface area contributed by atoms with Crippen LogP contribution in [0.3, 0.4) is 0 Å². The van der Waals surface area contributed by atoms with E-state index in [1.165, 1.54) is 4.57 Å². The van der Waals surface area contributed by atoms with Gasteiger partial charge in [-0.2, -0.15) is 0 Å². The van der Waals surface area contributed by atoms with Crippen LogP contribution in [0.15, 0.2) is 94.2 Å². The number of rotatable bonds is 6. The highest BCUT2D eigenvalue weighted by Crippen LogP contribution is 2.37. The smallest absolute Gasteiger partial charge is 0.338 e. The predicted octanol–water partition coefficient (Wildman–Crippen LogP) is 3.68. The average molecular weight is 566 g/mol. The Kier molecular flexibility index (Phi) is 6.88. The first-order valence-electron chi connectivity index (χ1n) is 13.3. The number of hydrogen-bond acceptors (Lipinski definition) is 7. The lowest BCUT2D eigenvalue weighted by atomic mass is 9.93. The molecule has 6 rings (SSSR count). The zero-order valence-corrected chi connectivity index (χ0v) is 23.6. The van der Waals surface area contributed by atoms with Crippen molar-refractivity contribution in [3.63, 3.8) is 0 Å². The van der Waals surface area contributed by atoms with Gasteiger partial charge in [0.1, 0.15) is 10.3 Å². The molecule has 2 aliphatic rings. The third-order valence-corrected chi connectivity index (χ3v) is 8.30. The summed E-state index contributed by atoms with van der Waals surface area (Å²) in [6.45, 7) is 4.27. The van der Waals surface area contributed by atoms with Crippen LogP contribution in [0.5, 0.6) is 5.75 Å². The number of para-hydroxylation sites is 1. The van der Waals surface area contributed by atoms with Gasteiger partial charge in [0.15, 0.2) is 4.80 Å². The van der Waals surface area contributed by atoms with Crippen molar-refractivity contribution >= 4 is 40.2 Å². The second-order valence-electron chi connectivity index (χ2n) is 9.47. The number of anilines is 1. The van der Waals surface area contributed by atoms with Crippen LogP contribution in [0.4, 0.5) is 5.69 Å². The van der Waals surface area contributed by atoms with Crippen molar-refractivity contribution in [3.8, 4) is 5.75 Å². The van der Waals surface area contributed by atoms with Crippen LogP contribution < -0.4 is 24.5 Å². The molecule has 1 aromatic heterocycles. The summed E-state index contributed by atoms with van der Waals surface area (Å²) in [7, 11) is 1.58. The highest BCUT2D eigenvalue weighted by molar-refractivity contribution is 7.07. The molecule has 3 aromatic carbocycles. The summed E-state index contributed by atoms with van der Waals surface area (Å²) >= 11 is 1.16. The predicted molar refractivity (Wildman–Crippen MR) is 157 cm³/mol. The van der Waals surface area contributed by atoms with Gasteiger partial charge in [-0.15, -0.1) is 0 Å². The summed E-state index contributed by atoms with van der Waals surface area (Å²) in [6.07, 6.45) is 0. The van der Waals surface area contributed by atoms with E-state index in [1.54, 1.807) is 31.1 Å². The Morgan fingerprint density at radius 3 is 2.34 bits per heavy atom. The number of aromatic nitrogens is 1. The lowest BCUT2D eigenvalue weighted by Gasteiger charge is -2.26. The van der Waals surface area contributed by atoms with Gasteiger partial charge in [-0.1, -0.05) is 72.0 Å². The minimum atomic E-state index is -0.838. The number of benzene rings is 3. The van der Waals surface area contributed by atoms with Crippen LogP contribution >= 0.6 is 11.3 Å². The fraction of sp³-hybridized carbons (Fsp3) is 0.188. The number of carbonyl (C=O) groups excluding carboxylic acids is 2. The van der Waals surface area contributed by atoms with E-state index < -0.39 is 12.0 Å². The molecule has 0 radical (unpaired) electrons. The quantitative estimate of drug-likeness (QED) is 0.333. The average Bonchev–Trinajstić information content (AvgIpc) is 3.48. The lowest BCUT2D eigenvalue weighted by molar-refractivity contribution is -0.138. The van der Waals surface area contributed by atoms with Crippen LogP contribution in [0, 0.1) is 0 Å². The van der Waals surface area contributed by atoms with Gasteiger partial charge in [-0.3, -0.25) is 14.2 Å². The van der Waals surface area contributed by atoms with Crippen LogP contribution in [-0.4, -0.2) is 36.7 Å². The lowest BCUT2D eigenvalue weighted by Crippen LogP contribution is -2.41. The first-order chi connectivity index (χ1) is 20.0. The number of carbonyl (C=O) groups is 2. The molecule has 0 saturated carbocycles. The number of ether oxygens (including phenoxy) is 2. The monoisotopic (exact) mass is 565 g/mol. The van der Waals surface area contributed by atoms with Crippen LogP contribution in [0.1, 0.15) is 36.6 Å². The van der Waals surface area contributed by atoms with E-state index in [2.05, 4.69) is 0 Å². The van der Waals surface area contributed by atoms with Gasteiger partial charge in [0.25, 0.3) is 11.5 Å². The number of nitrogens with zero attached hydrogens (tertiary/aromatic N) is 3. The highest BCUT2D eigenvalue weighted by atomic mass is 32.1. The zero-order valence-electron chi connectivity index (χ0n) is 22.8. The van der Waals surface area contributed by atoms with Gasteiger partial charge in [0, 0.05) is 17.7 Å². The van der Waals surface area contributed by atoms with E-state index in [0.717, 1.165) is 22.6 Å². The molecule has 3 heterocycles. The normalized spacial score (nSPS) is 17.2. The third kappa shape index (κ3) is 4.29. The number of methoxy groups -OCH3 is 1. The van der Waals surface area contributed by atoms with E-state index in [0.29, 0.717) is 39.5 Å². The molecule has 0 aliphatic carbocycles. The Labute approximate surface area is 240 Å². The van der Waals surface area contributed by atoms with Crippen LogP contribution in [-0.2, 0) is 14.3 Å². The summed E-state index contributed by atoms with van der Waals surface area (Å²) in [5, 5.41) is 0. The Morgan fingerprint density at radius 2 is 1.66 bits per heavy atom. The van der Waals surface area contributed by atoms with Crippen molar-refractivity contribution < 1.29 is 19.1 Å². The standard InChI is InChI=1S/C32H27N3O5S/c1-4-34-23-14-10-9-13-22(23)24(29(34)36)28-30(37)35-27(20-15-17-21(39-3)18-16-20)25(31(38)40-5-2)26(33-32(35)41-28)19-11-7-6-8-12-19/h6-18,27H,4-5H2,1-3H3/b28-24+/t27-/m1/s1. The molecule has 0 unspecified atom stereocenters. The minimum absolute atomic E-state index is 0.159. The van der Waals surface area contributed by atoms with E-state index >= 15 is 0 Å². The molecule has 0 fully saturated rings. The number of esters is 1. The molecule has 4 aromatic rings. The van der Waals surface area contributed by atoms with Crippen molar-refractivity contribution in [2.45, 2.75) is 19.9 Å². The van der Waals surface area contributed by atoms with Gasteiger partial charge < -0.3 is 14.4 Å². The van der Waals surface area contributed by atoms with Gasteiger partial charge in [0.2, 0.25) is 0 Å². The molecular formula is C32H27N3O5S. The van der Waals surface area contributed by atoms with Crippen molar-refractivity contribution in [2.75, 3.05) is 25.2 Å². The van der Waals surface area contributed by atoms with Gasteiger partial charge in [-0.05, 0) is 37.6 Å². The molecule has 1 atom stereocenters. The number of fused-ring (bicyclic) bond motifs is 2. The molecule has 0 spiro atoms. The summed E-state index contributed by atoms with van der Waals surface area (Å²) < 4.78 is 12.7. The van der Waals surface area contributed by atoms with E-state index in [-0.39, 0.29) is 28.2 Å². The molecule has 0 bridgehead atoms. The second kappa shape index (κ2) is 10.7. The topological polar surface area (TPSA) is 90.2 Å². The molecule has 0 N–H and O–H groups in total. The maximum atomic E-state index is 14.3. The van der Waals surface area contributed by atoms with Crippen molar-refractivity contribution in [2.24, 2.45) is 4.99 Å². The molecule has 206 valence electrons. The molecule has 41 heavy (non-hydrogen) atoms. The summed E-state index contributed by atoms with van der Waals surface area (Å²) in [5.74, 6) is -0.151. The van der Waals surface area contributed by atoms with Gasteiger partial charge >= 0.3 is 5.97 Å². The maximum absolute atomic E-state index is 14.3. The number of amides is 1. The molecule has 8 nitrogen and oxygen atoms in total. The van der Waals surface area contributed by atoms with Crippen LogP contribution in [0.25, 0.3) is 11.3 Å². The largest absolute Gasteiger partial charge is 0.497 e. The summed E-state index contributed by atoms with van der Waals surface area (Å²) in [4.78, 5) is 48.6. The zero-order chi connectivity index (χ0) is 28.7. The van der Waals surface area contributed by atoms with Crippen molar-refractivity contribution in [3.05, 3.63) is 121 Å². The summed E-state index contributed by atoms with van der Waals surface area (Å²) in [5.41, 5.74) is 3.51. The van der Waals surface area contributed by atoms with Crippen LogP contribution in [0.2, 0.25) is 0 Å². The first kappa shape index (κ1) is 26.5. The SMILES string of the molecule is CCOC(=O)C1=C(c2ccccc2)N=c2s/c(=C3/C(=O)N(CC)c4ccccc43)c(=O)n2[C@@H]1c1ccc(OC)cc1. The van der Waals surface area contributed by atoms with Gasteiger partial charge in [0.05, 0.1) is 42.3 Å². The number of hydrogen-bond donors (Lipinski definition) is 0. The molecule has 9 heteroatoms. The summed E-state index contributed by atoms with van der Waals surface area (Å²) in [6, 6.07) is 23.2. The third-order valence-electron chi connectivity index (χ3n) is 7.25. The first-order valence-corrected chi connectivity index (χ1v) is 14.2. The Morgan fingerprint density at radius 1 is 0.951 bits per heavy atom. The molecule has 1 amide bonds. The Bertz CT molecular complexity index is 1890. The highest BCUT2D eigenvalue weighted by Gasteiger charge is 2.37. The number of thiazole rings is 1. The number of likely N-dealkylation sites (N-methyl/N-ethyl adjacent to an activating group) is 1. The Hall–Kier alpha value is -4.76. The maximum Gasteiger partial charge on any atom is 0.338 e. The van der Waals surface area contributed by atoms with Crippen molar-refractivity contribution in [1.29, 1.82) is 0 Å². The fourth-order valence-corrected chi connectivity index (χ4v) is 6.50. The van der Waals surface area contributed by atoms with Gasteiger partial charge in [-0.25, -0.2) is 9.79 Å². The fourth-order valence-electron chi connectivity index (χ4n) is 5.41. The minimum Gasteiger partial charge on any atom is -0.497 e. The van der Waals surface area contributed by atoms with Crippen molar-refractivity contribution in [1.82, 2.24) is 4.57 Å².